The van der Waals surface area contributed by atoms with Crippen LogP contribution < -0.4 is 19.5 Å². The van der Waals surface area contributed by atoms with Crippen molar-refractivity contribution in [3.05, 3.63) is 42.0 Å². The topological polar surface area (TPSA) is 69.3 Å². The van der Waals surface area contributed by atoms with Crippen LogP contribution in [0.2, 0.25) is 0 Å². The molecule has 4 rings (SSSR count). The summed E-state index contributed by atoms with van der Waals surface area (Å²) in [5.41, 5.74) is 2.92. The maximum Gasteiger partial charge on any atom is 0.237 e. The highest BCUT2D eigenvalue weighted by atomic mass is 16.5. The summed E-state index contributed by atoms with van der Waals surface area (Å²) in [6.45, 7) is 3.47. The smallest absolute Gasteiger partial charge is 0.237 e. The number of hydrogen-bond acceptors (Lipinski definition) is 6. The number of rotatable bonds is 3. The Bertz CT molecular complexity index is 895. The molecule has 1 saturated heterocycles. The van der Waals surface area contributed by atoms with Gasteiger partial charge < -0.3 is 24.3 Å². The molecule has 166 valence electrons. The Morgan fingerprint density at radius 2 is 1.87 bits per heavy atom. The number of nitrogens with zero attached hydrogens (tertiary/aromatic N) is 1. The van der Waals surface area contributed by atoms with Crippen molar-refractivity contribution in [2.24, 2.45) is 0 Å². The molecule has 31 heavy (non-hydrogen) atoms. The molecule has 0 aliphatic carbocycles. The van der Waals surface area contributed by atoms with Crippen molar-refractivity contribution < 1.29 is 23.7 Å². The maximum absolute atomic E-state index is 12.7. The fourth-order valence-electron chi connectivity index (χ4n) is 4.34. The van der Waals surface area contributed by atoms with E-state index in [2.05, 4.69) is 16.3 Å². The van der Waals surface area contributed by atoms with Crippen LogP contribution in [0.5, 0.6) is 17.2 Å². The summed E-state index contributed by atoms with van der Waals surface area (Å²) in [6, 6.07) is 11.8. The molecule has 0 saturated carbocycles. The fourth-order valence-corrected chi connectivity index (χ4v) is 4.34. The Morgan fingerprint density at radius 1 is 1.06 bits per heavy atom. The molecule has 2 aliphatic rings. The van der Waals surface area contributed by atoms with Crippen LogP contribution in [-0.2, 0) is 16.1 Å². The third-order valence-electron chi connectivity index (χ3n) is 5.85. The van der Waals surface area contributed by atoms with Crippen molar-refractivity contribution in [1.82, 2.24) is 10.2 Å². The lowest BCUT2D eigenvalue weighted by Gasteiger charge is -2.25. The number of carbonyl (C=O) groups is 1. The van der Waals surface area contributed by atoms with Gasteiger partial charge in [-0.15, -0.1) is 0 Å². The number of fused-ring (bicyclic) bond motifs is 2. The quantitative estimate of drug-likeness (QED) is 0.814. The first kappa shape index (κ1) is 21.5. The Kier molecular flexibility index (Phi) is 6.94. The second-order valence-corrected chi connectivity index (χ2v) is 7.74. The first-order chi connectivity index (χ1) is 15.2. The van der Waals surface area contributed by atoms with Gasteiger partial charge in [-0.3, -0.25) is 9.69 Å². The maximum atomic E-state index is 12.7. The molecular weight excluding hydrogens is 396 g/mol. The van der Waals surface area contributed by atoms with E-state index in [0.717, 1.165) is 53.3 Å². The van der Waals surface area contributed by atoms with E-state index in [4.69, 9.17) is 18.9 Å². The Labute approximate surface area is 183 Å². The second-order valence-electron chi connectivity index (χ2n) is 7.74. The van der Waals surface area contributed by atoms with E-state index in [1.807, 2.05) is 30.3 Å². The van der Waals surface area contributed by atoms with Crippen molar-refractivity contribution in [2.45, 2.75) is 25.4 Å². The summed E-state index contributed by atoms with van der Waals surface area (Å²) in [4.78, 5) is 14.9. The average Bonchev–Trinajstić information content (AvgIpc) is 3.26. The highest BCUT2D eigenvalue weighted by Crippen LogP contribution is 2.40. The van der Waals surface area contributed by atoms with Crippen molar-refractivity contribution >= 4 is 5.91 Å². The predicted molar refractivity (Wildman–Crippen MR) is 118 cm³/mol. The van der Waals surface area contributed by atoms with Crippen molar-refractivity contribution in [3.8, 4) is 28.4 Å². The Hall–Kier alpha value is -2.77. The highest BCUT2D eigenvalue weighted by Gasteiger charge is 2.31. The molecule has 1 atom stereocenters. The molecule has 1 amide bonds. The first-order valence-electron chi connectivity index (χ1n) is 10.8. The number of carbonyl (C=O) groups excluding carboxylic acids is 1. The fraction of sp³-hybridized carbons (Fsp3) is 0.458. The van der Waals surface area contributed by atoms with E-state index in [9.17, 15) is 4.79 Å². The van der Waals surface area contributed by atoms with E-state index in [1.165, 1.54) is 0 Å². The normalized spacial score (nSPS) is 20.2. The number of methoxy groups -OCH3 is 2. The van der Waals surface area contributed by atoms with Gasteiger partial charge in [-0.25, -0.2) is 0 Å². The van der Waals surface area contributed by atoms with Gasteiger partial charge >= 0.3 is 0 Å². The molecule has 7 nitrogen and oxygen atoms in total. The largest absolute Gasteiger partial charge is 0.496 e. The molecule has 0 aromatic heterocycles. The van der Waals surface area contributed by atoms with Crippen LogP contribution in [0.25, 0.3) is 11.1 Å². The molecule has 2 aromatic rings. The van der Waals surface area contributed by atoms with Crippen molar-refractivity contribution in [3.63, 3.8) is 0 Å². The lowest BCUT2D eigenvalue weighted by Crippen LogP contribution is -2.43. The lowest BCUT2D eigenvalue weighted by atomic mass is 10.00. The molecule has 0 unspecified atom stereocenters. The number of ether oxygens (including phenoxy) is 4. The molecule has 0 radical (unpaired) electrons. The lowest BCUT2D eigenvalue weighted by molar-refractivity contribution is -0.125. The summed E-state index contributed by atoms with van der Waals surface area (Å²) < 4.78 is 22.9. The molecule has 0 spiro atoms. The van der Waals surface area contributed by atoms with Gasteiger partial charge in [-0.2, -0.15) is 0 Å². The zero-order valence-electron chi connectivity index (χ0n) is 18.2. The molecule has 7 heteroatoms. The Balaban J connectivity index is 1.72. The summed E-state index contributed by atoms with van der Waals surface area (Å²) in [5, 5.41) is 3.00. The number of nitrogens with one attached hydrogen (secondary N) is 1. The van der Waals surface area contributed by atoms with E-state index in [0.29, 0.717) is 32.9 Å². The third-order valence-corrected chi connectivity index (χ3v) is 5.85. The molecule has 1 N–H and O–H groups in total. The predicted octanol–water partition coefficient (Wildman–Crippen LogP) is 2.86. The van der Waals surface area contributed by atoms with E-state index in [-0.39, 0.29) is 11.9 Å². The van der Waals surface area contributed by atoms with Crippen LogP contribution in [0.3, 0.4) is 0 Å². The van der Waals surface area contributed by atoms with Crippen LogP contribution in [0, 0.1) is 0 Å². The standard InChI is InChI=1S/C24H30N2O5/c1-28-21-6-3-7-22(29-2)23(21)17-8-9-20-18(15-17)16-26-11-4-5-19(26)24(27)25-10-12-30-13-14-31-20/h3,6-9,15,19H,4-5,10-14,16H2,1-2H3,(H,25,27)/t19-/m0/s1. The summed E-state index contributed by atoms with van der Waals surface area (Å²) in [5.74, 6) is 2.38. The number of hydrogen-bond donors (Lipinski definition) is 1. The number of benzene rings is 2. The van der Waals surface area contributed by atoms with Gasteiger partial charge in [-0.1, -0.05) is 12.1 Å². The van der Waals surface area contributed by atoms with Gasteiger partial charge in [0.15, 0.2) is 0 Å². The van der Waals surface area contributed by atoms with Gasteiger partial charge in [0.05, 0.1) is 39.0 Å². The SMILES string of the molecule is COc1cccc(OC)c1-c1ccc2c(c1)CN1CCC[C@H]1C(=O)NCCOCCO2. The third kappa shape index (κ3) is 4.78. The van der Waals surface area contributed by atoms with Crippen LogP contribution in [0.4, 0.5) is 0 Å². The van der Waals surface area contributed by atoms with Crippen LogP contribution in [0.1, 0.15) is 18.4 Å². The molecule has 2 aromatic carbocycles. The van der Waals surface area contributed by atoms with Crippen LogP contribution in [0.15, 0.2) is 36.4 Å². The van der Waals surface area contributed by atoms with Crippen molar-refractivity contribution in [2.75, 3.05) is 47.1 Å². The summed E-state index contributed by atoms with van der Waals surface area (Å²) >= 11 is 0. The highest BCUT2D eigenvalue weighted by molar-refractivity contribution is 5.82. The van der Waals surface area contributed by atoms with Gasteiger partial charge in [0.2, 0.25) is 5.91 Å². The van der Waals surface area contributed by atoms with Gasteiger partial charge in [0.1, 0.15) is 23.9 Å². The average molecular weight is 427 g/mol. The minimum Gasteiger partial charge on any atom is -0.496 e. The zero-order chi connectivity index (χ0) is 21.6. The van der Waals surface area contributed by atoms with E-state index in [1.54, 1.807) is 14.2 Å². The molecule has 1 fully saturated rings. The molecule has 0 bridgehead atoms. The summed E-state index contributed by atoms with van der Waals surface area (Å²) in [7, 11) is 3.32. The monoisotopic (exact) mass is 426 g/mol. The van der Waals surface area contributed by atoms with Crippen LogP contribution >= 0.6 is 0 Å². The van der Waals surface area contributed by atoms with Gasteiger partial charge in [-0.05, 0) is 49.2 Å². The first-order valence-corrected chi connectivity index (χ1v) is 10.8. The van der Waals surface area contributed by atoms with Crippen LogP contribution in [-0.4, -0.2) is 64.0 Å². The van der Waals surface area contributed by atoms with Gasteiger partial charge in [0, 0.05) is 18.7 Å². The van der Waals surface area contributed by atoms with E-state index < -0.39 is 0 Å². The Morgan fingerprint density at radius 3 is 2.65 bits per heavy atom. The zero-order valence-corrected chi connectivity index (χ0v) is 18.2. The minimum absolute atomic E-state index is 0.0744. The van der Waals surface area contributed by atoms with Gasteiger partial charge in [0.25, 0.3) is 0 Å². The van der Waals surface area contributed by atoms with E-state index >= 15 is 0 Å². The summed E-state index contributed by atoms with van der Waals surface area (Å²) in [6.07, 6.45) is 1.87. The van der Waals surface area contributed by atoms with Crippen molar-refractivity contribution in [1.29, 1.82) is 0 Å². The molecule has 2 heterocycles. The molecule has 2 aliphatic heterocycles. The minimum atomic E-state index is -0.127. The molecular formula is C24H30N2O5. The number of amides is 1. The second kappa shape index (κ2) is 10.0.